The van der Waals surface area contributed by atoms with Crippen LogP contribution in [0.4, 0.5) is 0 Å². The maximum absolute atomic E-state index is 5.10. The van der Waals surface area contributed by atoms with Crippen LogP contribution in [0.25, 0.3) is 61.7 Å². The molecule has 3 nitrogen and oxygen atoms in total. The Balaban J connectivity index is 1.32. The second kappa shape index (κ2) is 18.8. The van der Waals surface area contributed by atoms with Crippen LogP contribution in [0.5, 0.6) is 0 Å². The molecule has 0 aliphatic carbocycles. The largest absolute Gasteiger partial charge is 0.256 e. The van der Waals surface area contributed by atoms with Gasteiger partial charge in [-0.3, -0.25) is 4.98 Å². The Bertz CT molecular complexity index is 2630. The predicted octanol–water partition coefficient (Wildman–Crippen LogP) is 14.7. The molecular weight excluding hydrogens is 703 g/mol. The summed E-state index contributed by atoms with van der Waals surface area (Å²) >= 11 is 0. The average molecular weight is 752 g/mol. The average Bonchev–Trinajstić information content (AvgIpc) is 3.28. The predicted molar refractivity (Wildman–Crippen MR) is 246 cm³/mol. The maximum Gasteiger partial charge on any atom is 0.160 e. The summed E-state index contributed by atoms with van der Waals surface area (Å²) in [5.41, 5.74) is 16.5. The monoisotopic (exact) mass is 751 g/mol. The van der Waals surface area contributed by atoms with Gasteiger partial charge in [-0.1, -0.05) is 188 Å². The maximum atomic E-state index is 5.10. The molecule has 2 aromatic heterocycles. The van der Waals surface area contributed by atoms with E-state index in [4.69, 9.17) is 15.0 Å². The second-order valence-corrected chi connectivity index (χ2v) is 14.5. The van der Waals surface area contributed by atoms with Gasteiger partial charge in [0.2, 0.25) is 0 Å². The highest BCUT2D eigenvalue weighted by Crippen LogP contribution is 2.44. The third kappa shape index (κ3) is 8.85. The number of hydrogen-bond donors (Lipinski definition) is 0. The van der Waals surface area contributed by atoms with Crippen LogP contribution in [0.3, 0.4) is 0 Å². The Hall–Kier alpha value is -6.97. The fourth-order valence-corrected chi connectivity index (χ4v) is 7.59. The van der Waals surface area contributed by atoms with Gasteiger partial charge in [-0.05, 0) is 85.2 Å². The van der Waals surface area contributed by atoms with E-state index in [1.165, 1.54) is 33.4 Å². The van der Waals surface area contributed by atoms with Gasteiger partial charge in [0.25, 0.3) is 0 Å². The molecule has 1 unspecified atom stereocenters. The molecule has 7 aromatic rings. The van der Waals surface area contributed by atoms with Crippen molar-refractivity contribution in [2.45, 2.75) is 40.0 Å². The summed E-state index contributed by atoms with van der Waals surface area (Å²) in [7, 11) is 0. The Labute approximate surface area is 344 Å². The molecule has 0 N–H and O–H groups in total. The molecule has 0 fully saturated rings. The SMILES string of the molecule is C=C/C=C\C/C=C(\C)C(c1ccccc1)c1ccccc1-c1c(C)cccc1-c1ncccc1-c1ccc(-c2cc(/C(C)=C/C=C\C)nc(-c3ccccc3)n2)cc1. The van der Waals surface area contributed by atoms with E-state index in [0.29, 0.717) is 5.82 Å². The molecule has 0 amide bonds. The smallest absolute Gasteiger partial charge is 0.160 e. The third-order valence-corrected chi connectivity index (χ3v) is 10.5. The van der Waals surface area contributed by atoms with Crippen molar-refractivity contribution in [1.82, 2.24) is 15.0 Å². The molecule has 0 aliphatic rings. The van der Waals surface area contributed by atoms with Crippen LogP contribution in [0.2, 0.25) is 0 Å². The van der Waals surface area contributed by atoms with Crippen LogP contribution in [0.15, 0.2) is 206 Å². The summed E-state index contributed by atoms with van der Waals surface area (Å²) in [5.74, 6) is 0.779. The van der Waals surface area contributed by atoms with Crippen molar-refractivity contribution in [3.05, 3.63) is 229 Å². The lowest BCUT2D eigenvalue weighted by atomic mass is 9.79. The van der Waals surface area contributed by atoms with E-state index in [-0.39, 0.29) is 5.92 Å². The van der Waals surface area contributed by atoms with Gasteiger partial charge in [-0.15, -0.1) is 0 Å². The number of rotatable bonds is 13. The Morgan fingerprint density at radius 1 is 0.672 bits per heavy atom. The van der Waals surface area contributed by atoms with Gasteiger partial charge in [0.05, 0.1) is 17.1 Å². The summed E-state index contributed by atoms with van der Waals surface area (Å²) in [6.45, 7) is 12.4. The number of allylic oxidation sites excluding steroid dienone is 9. The van der Waals surface area contributed by atoms with Gasteiger partial charge in [-0.2, -0.15) is 0 Å². The van der Waals surface area contributed by atoms with Crippen LogP contribution in [0, 0.1) is 6.92 Å². The number of aryl methyl sites for hydroxylation is 1. The van der Waals surface area contributed by atoms with Gasteiger partial charge in [0, 0.05) is 34.4 Å². The van der Waals surface area contributed by atoms with Crippen molar-refractivity contribution in [1.29, 1.82) is 0 Å². The minimum atomic E-state index is 0.0739. The van der Waals surface area contributed by atoms with E-state index in [0.717, 1.165) is 56.9 Å². The summed E-state index contributed by atoms with van der Waals surface area (Å²) in [4.78, 5) is 15.1. The molecule has 5 aromatic carbocycles. The van der Waals surface area contributed by atoms with Gasteiger partial charge < -0.3 is 0 Å². The van der Waals surface area contributed by atoms with Crippen LogP contribution < -0.4 is 0 Å². The first-order valence-electron chi connectivity index (χ1n) is 20.0. The molecule has 0 radical (unpaired) electrons. The van der Waals surface area contributed by atoms with Crippen LogP contribution in [-0.4, -0.2) is 15.0 Å². The lowest BCUT2D eigenvalue weighted by Crippen LogP contribution is -2.06. The number of pyridine rings is 1. The number of hydrogen-bond acceptors (Lipinski definition) is 3. The summed E-state index contributed by atoms with van der Waals surface area (Å²) < 4.78 is 0. The van der Waals surface area contributed by atoms with E-state index in [2.05, 4.69) is 167 Å². The normalized spacial score (nSPS) is 12.6. The first kappa shape index (κ1) is 39.3. The van der Waals surface area contributed by atoms with Crippen molar-refractivity contribution < 1.29 is 0 Å². The zero-order valence-corrected chi connectivity index (χ0v) is 33.8. The van der Waals surface area contributed by atoms with Gasteiger partial charge >= 0.3 is 0 Å². The molecule has 0 saturated heterocycles. The highest BCUT2D eigenvalue weighted by atomic mass is 14.9. The van der Waals surface area contributed by atoms with E-state index in [9.17, 15) is 0 Å². The number of nitrogens with zero attached hydrogens (tertiary/aromatic N) is 3. The quantitative estimate of drug-likeness (QED) is 0.0870. The van der Waals surface area contributed by atoms with Crippen molar-refractivity contribution in [3.63, 3.8) is 0 Å². The molecule has 1 atom stereocenters. The number of benzene rings is 5. The van der Waals surface area contributed by atoms with Crippen molar-refractivity contribution in [3.8, 4) is 56.2 Å². The van der Waals surface area contributed by atoms with Crippen molar-refractivity contribution in [2.24, 2.45) is 0 Å². The molecule has 7 rings (SSSR count). The first-order chi connectivity index (χ1) is 28.5. The van der Waals surface area contributed by atoms with Crippen LogP contribution in [-0.2, 0) is 0 Å². The van der Waals surface area contributed by atoms with Crippen molar-refractivity contribution in [2.75, 3.05) is 0 Å². The minimum absolute atomic E-state index is 0.0739. The lowest BCUT2D eigenvalue weighted by Gasteiger charge is -2.25. The van der Waals surface area contributed by atoms with Gasteiger partial charge in [0.15, 0.2) is 5.82 Å². The molecule has 3 heteroatoms. The molecule has 284 valence electrons. The second-order valence-electron chi connectivity index (χ2n) is 14.5. The summed E-state index contributed by atoms with van der Waals surface area (Å²) in [6.07, 6.45) is 17.2. The molecule has 58 heavy (non-hydrogen) atoms. The Morgan fingerprint density at radius 2 is 1.36 bits per heavy atom. The molecular formula is C55H49N3. The lowest BCUT2D eigenvalue weighted by molar-refractivity contribution is 0.939. The van der Waals surface area contributed by atoms with E-state index in [1.54, 1.807) is 0 Å². The van der Waals surface area contributed by atoms with Crippen LogP contribution in [0.1, 0.15) is 55.5 Å². The summed E-state index contributed by atoms with van der Waals surface area (Å²) in [5, 5.41) is 0. The highest BCUT2D eigenvalue weighted by Gasteiger charge is 2.23. The van der Waals surface area contributed by atoms with Crippen molar-refractivity contribution >= 4 is 5.57 Å². The Morgan fingerprint density at radius 3 is 2.12 bits per heavy atom. The molecule has 2 heterocycles. The number of aromatic nitrogens is 3. The standard InChI is InChI=1S/C55H49N3/c1-6-8-10-13-23-40(4)52(44-25-14-11-15-26-44)47-29-18-19-30-48(47)53-41(5)24-20-31-49(53)54-46(32-21-37-56-54)42-33-35-43(36-34-42)51-38-50(39(3)22-9-7-2)57-55(58-51)45-27-16-12-17-28-45/h6-12,14-38,52H,1,13H2,2-5H3/b9-7-,10-8-,39-22+,40-23+. The summed E-state index contributed by atoms with van der Waals surface area (Å²) in [6, 6.07) is 51.5. The zero-order valence-electron chi connectivity index (χ0n) is 33.8. The van der Waals surface area contributed by atoms with Gasteiger partial charge in [-0.25, -0.2) is 9.97 Å². The molecule has 0 bridgehead atoms. The molecule has 0 saturated carbocycles. The fraction of sp³-hybridized carbons (Fsp3) is 0.109. The van der Waals surface area contributed by atoms with E-state index in [1.807, 2.05) is 61.7 Å². The van der Waals surface area contributed by atoms with E-state index >= 15 is 0 Å². The minimum Gasteiger partial charge on any atom is -0.256 e. The topological polar surface area (TPSA) is 38.7 Å². The van der Waals surface area contributed by atoms with Gasteiger partial charge in [0.1, 0.15) is 0 Å². The van der Waals surface area contributed by atoms with Crippen LogP contribution >= 0.6 is 0 Å². The molecule has 0 spiro atoms. The third-order valence-electron chi connectivity index (χ3n) is 10.5. The highest BCUT2D eigenvalue weighted by molar-refractivity contribution is 5.92. The fourth-order valence-electron chi connectivity index (χ4n) is 7.59. The van der Waals surface area contributed by atoms with E-state index < -0.39 is 0 Å². The molecule has 0 aliphatic heterocycles. The first-order valence-corrected chi connectivity index (χ1v) is 20.0. The zero-order chi connectivity index (χ0) is 40.3. The Kier molecular flexibility index (Phi) is 12.7.